The van der Waals surface area contributed by atoms with Crippen molar-refractivity contribution in [2.75, 3.05) is 6.54 Å². The van der Waals surface area contributed by atoms with Crippen molar-refractivity contribution in [2.45, 2.75) is 6.42 Å². The largest absolute Gasteiger partial charge is 0.370 e. The molecule has 0 bridgehead atoms. The normalized spacial score (nSPS) is 15.8. The van der Waals surface area contributed by atoms with Crippen LogP contribution in [0.15, 0.2) is 65.4 Å². The summed E-state index contributed by atoms with van der Waals surface area (Å²) in [6.07, 6.45) is 5.29. The smallest absolute Gasteiger partial charge is 0.333 e. The maximum absolute atomic E-state index is 12.4. The van der Waals surface area contributed by atoms with E-state index in [4.69, 9.17) is 11.5 Å². The van der Waals surface area contributed by atoms with Crippen molar-refractivity contribution in [3.63, 3.8) is 0 Å². The van der Waals surface area contributed by atoms with Gasteiger partial charge in [-0.3, -0.25) is 9.79 Å². The molecule has 7 nitrogen and oxygen atoms in total. The van der Waals surface area contributed by atoms with Gasteiger partial charge in [0.05, 0.1) is 0 Å². The van der Waals surface area contributed by atoms with Crippen molar-refractivity contribution in [1.29, 1.82) is 0 Å². The second-order valence-corrected chi connectivity index (χ2v) is 5.70. The first-order valence-electron chi connectivity index (χ1n) is 8.12. The Hall–Kier alpha value is -3.61. The predicted molar refractivity (Wildman–Crippen MR) is 102 cm³/mol. The van der Waals surface area contributed by atoms with Gasteiger partial charge in [0, 0.05) is 12.7 Å². The fraction of sp³-hybridized carbons (Fsp3) is 0.105. The van der Waals surface area contributed by atoms with E-state index in [9.17, 15) is 9.59 Å². The molecule has 132 valence electrons. The standard InChI is InChI=1S/C19H19N5O2/c20-18(21)22-11-4-9-16-17(25)24(19(26)23-16)12-10-14-7-3-6-13-5-1-2-8-15(13)14/h1-3,5-10,12H,4,11H2,(H,23,26)(H4,20,21,22)/b12-10+,16-9-. The summed E-state index contributed by atoms with van der Waals surface area (Å²) in [6.45, 7) is 0.348. The van der Waals surface area contributed by atoms with Crippen LogP contribution >= 0.6 is 0 Å². The van der Waals surface area contributed by atoms with Gasteiger partial charge in [0.1, 0.15) is 5.70 Å². The van der Waals surface area contributed by atoms with Crippen LogP contribution in [0.25, 0.3) is 16.8 Å². The van der Waals surface area contributed by atoms with E-state index >= 15 is 0 Å². The molecule has 3 rings (SSSR count). The van der Waals surface area contributed by atoms with Gasteiger partial charge in [-0.25, -0.2) is 9.69 Å². The zero-order chi connectivity index (χ0) is 18.5. The highest BCUT2D eigenvalue weighted by atomic mass is 16.2. The van der Waals surface area contributed by atoms with Gasteiger partial charge < -0.3 is 16.8 Å². The third kappa shape index (κ3) is 3.72. The minimum Gasteiger partial charge on any atom is -0.370 e. The molecule has 2 aromatic carbocycles. The van der Waals surface area contributed by atoms with Crippen molar-refractivity contribution in [3.8, 4) is 0 Å². The average molecular weight is 349 g/mol. The first-order chi connectivity index (χ1) is 12.6. The van der Waals surface area contributed by atoms with Crippen molar-refractivity contribution in [2.24, 2.45) is 16.5 Å². The Labute approximate surface area is 150 Å². The van der Waals surface area contributed by atoms with E-state index in [0.29, 0.717) is 13.0 Å². The number of carbonyl (C=O) groups excluding carboxylic acids is 2. The van der Waals surface area contributed by atoms with Gasteiger partial charge >= 0.3 is 6.03 Å². The zero-order valence-electron chi connectivity index (χ0n) is 14.1. The van der Waals surface area contributed by atoms with Crippen LogP contribution in [0, 0.1) is 0 Å². The summed E-state index contributed by atoms with van der Waals surface area (Å²) in [7, 11) is 0. The van der Waals surface area contributed by atoms with E-state index in [1.165, 1.54) is 6.20 Å². The molecule has 0 spiro atoms. The monoisotopic (exact) mass is 349 g/mol. The Kier molecular flexibility index (Phi) is 4.98. The highest BCUT2D eigenvalue weighted by Gasteiger charge is 2.31. The van der Waals surface area contributed by atoms with Crippen molar-refractivity contribution in [1.82, 2.24) is 10.2 Å². The van der Waals surface area contributed by atoms with E-state index in [1.54, 1.807) is 12.2 Å². The topological polar surface area (TPSA) is 114 Å². The molecule has 2 aromatic rings. The number of guanidine groups is 1. The van der Waals surface area contributed by atoms with Crippen molar-refractivity contribution < 1.29 is 9.59 Å². The number of nitrogens with one attached hydrogen (secondary N) is 1. The van der Waals surface area contributed by atoms with Crippen LogP contribution in [0.3, 0.4) is 0 Å². The molecule has 1 aliphatic rings. The third-order valence-corrected chi connectivity index (χ3v) is 3.91. The molecule has 26 heavy (non-hydrogen) atoms. The van der Waals surface area contributed by atoms with Gasteiger partial charge in [-0.1, -0.05) is 48.5 Å². The van der Waals surface area contributed by atoms with Crippen LogP contribution < -0.4 is 16.8 Å². The number of fused-ring (bicyclic) bond motifs is 1. The number of benzene rings is 2. The number of nitrogens with two attached hydrogens (primary N) is 2. The molecule has 0 saturated carbocycles. The van der Waals surface area contributed by atoms with Gasteiger partial charge in [0.2, 0.25) is 0 Å². The lowest BCUT2D eigenvalue weighted by atomic mass is 10.0. The van der Waals surface area contributed by atoms with Crippen LogP contribution in [0.1, 0.15) is 12.0 Å². The number of imide groups is 1. The summed E-state index contributed by atoms with van der Waals surface area (Å²) in [4.78, 5) is 29.3. The Morgan fingerprint density at radius 3 is 2.69 bits per heavy atom. The quantitative estimate of drug-likeness (QED) is 0.251. The molecule has 0 unspecified atom stereocenters. The average Bonchev–Trinajstić information content (AvgIpc) is 2.90. The summed E-state index contributed by atoms with van der Waals surface area (Å²) in [5.41, 5.74) is 11.6. The van der Waals surface area contributed by atoms with Gasteiger partial charge in [-0.05, 0) is 28.8 Å². The molecule has 0 aromatic heterocycles. The van der Waals surface area contributed by atoms with Crippen LogP contribution in [-0.4, -0.2) is 29.3 Å². The second-order valence-electron chi connectivity index (χ2n) is 5.70. The fourth-order valence-electron chi connectivity index (χ4n) is 2.68. The summed E-state index contributed by atoms with van der Waals surface area (Å²) >= 11 is 0. The summed E-state index contributed by atoms with van der Waals surface area (Å²) < 4.78 is 0. The Balaban J connectivity index is 1.76. The van der Waals surface area contributed by atoms with Crippen molar-refractivity contribution in [3.05, 3.63) is 66.0 Å². The second kappa shape index (κ2) is 7.52. The number of aliphatic imine (C=N–C) groups is 1. The molecular weight excluding hydrogens is 330 g/mol. The first-order valence-corrected chi connectivity index (χ1v) is 8.12. The van der Waals surface area contributed by atoms with Crippen LogP contribution in [0.5, 0.6) is 0 Å². The summed E-state index contributed by atoms with van der Waals surface area (Å²) in [6, 6.07) is 13.3. The van der Waals surface area contributed by atoms with E-state index in [-0.39, 0.29) is 11.7 Å². The third-order valence-electron chi connectivity index (χ3n) is 3.91. The SMILES string of the molecule is NC(N)=NCC/C=C1\NC(=O)N(/C=C/c2cccc3ccccc23)C1=O. The van der Waals surface area contributed by atoms with Gasteiger partial charge in [0.15, 0.2) is 5.96 Å². The lowest BCUT2D eigenvalue weighted by molar-refractivity contribution is -0.121. The Bertz CT molecular complexity index is 937. The van der Waals surface area contributed by atoms with Gasteiger partial charge in [0.25, 0.3) is 5.91 Å². The van der Waals surface area contributed by atoms with E-state index in [1.807, 2.05) is 42.5 Å². The molecule has 5 N–H and O–H groups in total. The Morgan fingerprint density at radius 2 is 1.88 bits per heavy atom. The first kappa shape index (κ1) is 17.2. The van der Waals surface area contributed by atoms with E-state index in [0.717, 1.165) is 21.2 Å². The molecule has 1 aliphatic heterocycles. The minimum atomic E-state index is -0.487. The lowest BCUT2D eigenvalue weighted by Gasteiger charge is -2.06. The number of amides is 3. The van der Waals surface area contributed by atoms with Crippen LogP contribution in [-0.2, 0) is 4.79 Å². The zero-order valence-corrected chi connectivity index (χ0v) is 14.1. The number of rotatable bonds is 5. The van der Waals surface area contributed by atoms with Crippen LogP contribution in [0.4, 0.5) is 4.79 Å². The molecule has 7 heteroatoms. The number of urea groups is 1. The highest BCUT2D eigenvalue weighted by Crippen LogP contribution is 2.20. The molecule has 0 atom stereocenters. The Morgan fingerprint density at radius 1 is 1.12 bits per heavy atom. The van der Waals surface area contributed by atoms with E-state index in [2.05, 4.69) is 10.3 Å². The fourth-order valence-corrected chi connectivity index (χ4v) is 2.68. The van der Waals surface area contributed by atoms with Gasteiger partial charge in [-0.15, -0.1) is 0 Å². The maximum atomic E-state index is 12.4. The minimum absolute atomic E-state index is 0.00942. The molecule has 1 saturated heterocycles. The number of carbonyl (C=O) groups is 2. The summed E-state index contributed by atoms with van der Waals surface area (Å²) in [5, 5.41) is 4.69. The van der Waals surface area contributed by atoms with Crippen molar-refractivity contribution >= 4 is 34.7 Å². The van der Waals surface area contributed by atoms with Gasteiger partial charge in [-0.2, -0.15) is 0 Å². The molecule has 1 fully saturated rings. The maximum Gasteiger partial charge on any atom is 0.333 e. The summed E-state index contributed by atoms with van der Waals surface area (Å²) in [5.74, 6) is -0.416. The molecule has 0 aliphatic carbocycles. The molecule has 3 amide bonds. The van der Waals surface area contributed by atoms with E-state index < -0.39 is 11.9 Å². The molecular formula is C19H19N5O2. The predicted octanol–water partition coefficient (Wildman–Crippen LogP) is 1.91. The highest BCUT2D eigenvalue weighted by molar-refractivity contribution is 6.12. The lowest BCUT2D eigenvalue weighted by Crippen LogP contribution is -2.25. The molecule has 0 radical (unpaired) electrons. The molecule has 1 heterocycles. The van der Waals surface area contributed by atoms with Crippen LogP contribution in [0.2, 0.25) is 0 Å². The number of hydrogen-bond donors (Lipinski definition) is 3. The number of nitrogens with zero attached hydrogens (tertiary/aromatic N) is 2. The number of hydrogen-bond acceptors (Lipinski definition) is 3.